The number of aliphatic hydroxyl groups is 12. The summed E-state index contributed by atoms with van der Waals surface area (Å²) in [4.78, 5) is 14.9. The van der Waals surface area contributed by atoms with Gasteiger partial charge < -0.3 is 89.7 Å². The van der Waals surface area contributed by atoms with Crippen molar-refractivity contribution in [3.05, 3.63) is 11.6 Å². The topological polar surface area (TPSA) is 315 Å². The number of hydrogen-bond donors (Lipinski definition) is 12. The Morgan fingerprint density at radius 1 is 0.682 bits per heavy atom. The van der Waals surface area contributed by atoms with Crippen LogP contribution in [0.5, 0.6) is 0 Å². The molecule has 3 aliphatic heterocycles. The molecule has 66 heavy (non-hydrogen) atoms. The van der Waals surface area contributed by atoms with Crippen LogP contribution < -0.4 is 0 Å². The van der Waals surface area contributed by atoms with Crippen LogP contribution in [0.4, 0.5) is 0 Å². The number of carbonyl (C=O) groups is 1. The Labute approximate surface area is 385 Å². The van der Waals surface area contributed by atoms with E-state index in [1.165, 1.54) is 5.57 Å². The Balaban J connectivity index is 1.03. The van der Waals surface area contributed by atoms with Crippen molar-refractivity contribution in [2.24, 2.45) is 50.2 Å². The van der Waals surface area contributed by atoms with Crippen LogP contribution >= 0.6 is 0 Å². The van der Waals surface area contributed by atoms with Gasteiger partial charge in [-0.25, -0.2) is 0 Å². The molecule has 0 bridgehead atoms. The van der Waals surface area contributed by atoms with Gasteiger partial charge in [0.25, 0.3) is 0 Å². The molecule has 5 aliphatic carbocycles. The monoisotopic (exact) mass is 944 g/mol. The number of carbonyl (C=O) groups excluding carboxylic acids is 1. The Morgan fingerprint density at radius 3 is 1.97 bits per heavy atom. The Kier molecular flexibility index (Phi) is 13.9. The van der Waals surface area contributed by atoms with Crippen molar-refractivity contribution in [1.82, 2.24) is 0 Å². The number of esters is 1. The molecule has 8 aliphatic rings. The van der Waals surface area contributed by atoms with E-state index in [0.29, 0.717) is 44.9 Å². The van der Waals surface area contributed by atoms with E-state index in [2.05, 4.69) is 40.7 Å². The third kappa shape index (κ3) is 7.86. The molecule has 3 saturated heterocycles. The predicted molar refractivity (Wildman–Crippen MR) is 227 cm³/mol. The zero-order valence-corrected chi connectivity index (χ0v) is 39.0. The molecule has 0 aromatic carbocycles. The lowest BCUT2D eigenvalue weighted by molar-refractivity contribution is -0.329. The van der Waals surface area contributed by atoms with Crippen molar-refractivity contribution in [3.8, 4) is 0 Å². The quantitative estimate of drug-likeness (QED) is 0.0728. The van der Waals surface area contributed by atoms with Crippen LogP contribution in [0, 0.1) is 50.2 Å². The third-order valence-electron chi connectivity index (χ3n) is 19.0. The minimum absolute atomic E-state index is 0.0457. The van der Waals surface area contributed by atoms with Crippen molar-refractivity contribution in [2.75, 3.05) is 26.4 Å². The van der Waals surface area contributed by atoms with Crippen LogP contribution in [0.2, 0.25) is 0 Å². The summed E-state index contributed by atoms with van der Waals surface area (Å²) >= 11 is 0. The maximum absolute atomic E-state index is 14.9. The maximum atomic E-state index is 14.9. The molecule has 4 saturated carbocycles. The summed E-state index contributed by atoms with van der Waals surface area (Å²) in [5.41, 5.74) is -2.15. The summed E-state index contributed by atoms with van der Waals surface area (Å²) in [7, 11) is 0. The third-order valence-corrected chi connectivity index (χ3v) is 19.0. The molecule has 0 unspecified atom stereocenters. The summed E-state index contributed by atoms with van der Waals surface area (Å²) in [6.07, 6.45) is -16.4. The molecule has 7 fully saturated rings. The summed E-state index contributed by atoms with van der Waals surface area (Å²) < 4.78 is 34.9. The fourth-order valence-corrected chi connectivity index (χ4v) is 14.8. The highest BCUT2D eigenvalue weighted by molar-refractivity contribution is 5.79. The molecule has 0 spiro atoms. The molecule has 0 aromatic rings. The second kappa shape index (κ2) is 18.0. The fraction of sp³-hybridized carbons (Fsp3) is 0.936. The Bertz CT molecular complexity index is 1800. The van der Waals surface area contributed by atoms with E-state index in [-0.39, 0.29) is 41.8 Å². The van der Waals surface area contributed by atoms with Crippen LogP contribution in [-0.2, 0) is 33.2 Å². The van der Waals surface area contributed by atoms with Gasteiger partial charge in [0.1, 0.15) is 67.1 Å². The minimum atomic E-state index is -1.83. The predicted octanol–water partition coefficient (Wildman–Crippen LogP) is -1.28. The highest BCUT2D eigenvalue weighted by Gasteiger charge is 2.71. The van der Waals surface area contributed by atoms with Gasteiger partial charge in [-0.2, -0.15) is 0 Å². The van der Waals surface area contributed by atoms with E-state index in [1.54, 1.807) is 0 Å². The van der Waals surface area contributed by atoms with Gasteiger partial charge in [0, 0.05) is 5.41 Å². The lowest BCUT2D eigenvalue weighted by atomic mass is 9.33. The fourth-order valence-electron chi connectivity index (χ4n) is 14.8. The lowest BCUT2D eigenvalue weighted by Crippen LogP contribution is -2.69. The molecule has 12 N–H and O–H groups in total. The van der Waals surface area contributed by atoms with Crippen LogP contribution in [-0.4, -0.2) is 192 Å². The largest absolute Gasteiger partial charge is 0.432 e. The number of allylic oxidation sites excluding steroid dienone is 2. The van der Waals surface area contributed by atoms with E-state index in [0.717, 1.165) is 12.8 Å². The van der Waals surface area contributed by atoms with Crippen molar-refractivity contribution in [3.63, 3.8) is 0 Å². The summed E-state index contributed by atoms with van der Waals surface area (Å²) in [5, 5.41) is 128. The van der Waals surface area contributed by atoms with Crippen molar-refractivity contribution >= 4 is 5.97 Å². The number of aliphatic hydroxyl groups excluding tert-OH is 12. The summed E-state index contributed by atoms with van der Waals surface area (Å²) in [6, 6.07) is 0. The van der Waals surface area contributed by atoms with Gasteiger partial charge in [0.15, 0.2) is 12.6 Å². The average Bonchev–Trinajstić information content (AvgIpc) is 3.27. The van der Waals surface area contributed by atoms with Gasteiger partial charge in [-0.15, -0.1) is 0 Å². The smallest absolute Gasteiger partial charge is 0.315 e. The lowest BCUT2D eigenvalue weighted by Gasteiger charge is -2.71. The summed E-state index contributed by atoms with van der Waals surface area (Å²) in [6.45, 7) is 11.3. The number of hydrogen-bond acceptors (Lipinski definition) is 19. The highest BCUT2D eigenvalue weighted by atomic mass is 16.7. The molecular formula is C47H76O19. The Morgan fingerprint density at radius 2 is 1.30 bits per heavy atom. The first kappa shape index (κ1) is 50.9. The molecule has 19 nitrogen and oxygen atoms in total. The van der Waals surface area contributed by atoms with Gasteiger partial charge in [-0.1, -0.05) is 53.2 Å². The molecule has 0 amide bonds. The number of ether oxygens (including phenoxy) is 6. The van der Waals surface area contributed by atoms with Crippen molar-refractivity contribution in [2.45, 2.75) is 198 Å². The van der Waals surface area contributed by atoms with E-state index >= 15 is 0 Å². The van der Waals surface area contributed by atoms with Crippen molar-refractivity contribution in [1.29, 1.82) is 0 Å². The Hall–Kier alpha value is -1.47. The van der Waals surface area contributed by atoms with Gasteiger partial charge in [0.2, 0.25) is 6.29 Å². The van der Waals surface area contributed by atoms with Gasteiger partial charge in [-0.3, -0.25) is 4.79 Å². The zero-order chi connectivity index (χ0) is 48.3. The first-order valence-corrected chi connectivity index (χ1v) is 24.0. The van der Waals surface area contributed by atoms with Gasteiger partial charge >= 0.3 is 5.97 Å². The number of fused-ring (bicyclic) bond motifs is 7. The molecule has 3 heterocycles. The molecular weight excluding hydrogens is 868 g/mol. The minimum Gasteiger partial charge on any atom is -0.432 e. The van der Waals surface area contributed by atoms with E-state index in [9.17, 15) is 66.1 Å². The highest BCUT2D eigenvalue weighted by Crippen LogP contribution is 2.76. The maximum Gasteiger partial charge on any atom is 0.315 e. The number of rotatable bonds is 9. The standard InChI is InChI=1S/C47H76O19/c1-42(2)11-13-47(41(60)66-40-36(59)33(56)31(54)26(64-40)19-62-38-35(58)32(55)30(53)25(17-48)63-38)14-12-45(5)21(22(47)15-42)7-8-28-43(3)16-23(50)37(65-39-34(57)29(52)24(51)18-61-39)44(4,20-49)27(43)9-10-46(28,45)6/h7,22-40,48-59H,8-20H2,1-6H3/t22-,23-,24+,25+,26+,27+,28+,29-,30+,31+,32-,33-,34+,35+,36+,37+,38+,39-,40-,43-,44-,45+,46+,47-/m0/s1. The van der Waals surface area contributed by atoms with E-state index in [4.69, 9.17) is 28.4 Å². The molecule has 0 aromatic heterocycles. The molecule has 378 valence electrons. The SMILES string of the molecule is CC1(C)CC[C@]2(C(=O)O[C@@H]3O[C@H](CO[C@@H]4O[C@H](CO)[C@@H](O)[C@H](O)[C@H]4O)[C@@H](O)[C@H](O)[C@H]3O)CC[C@]3(C)C(=CC[C@@H]4[C@@]5(C)C[C@H](O)[C@@H](O[C@@H]6OC[C@@H](O)[C@H](O)[C@H]6O)[C@@](C)(CO)[C@@H]5CC[C@]43C)[C@@H]2C1. The first-order chi connectivity index (χ1) is 30.8. The molecule has 0 radical (unpaired) electrons. The summed E-state index contributed by atoms with van der Waals surface area (Å²) in [5.74, 6) is -0.927. The van der Waals surface area contributed by atoms with Crippen molar-refractivity contribution < 1.29 is 94.5 Å². The first-order valence-electron chi connectivity index (χ1n) is 24.0. The molecule has 24 atom stereocenters. The molecule has 8 rings (SSSR count). The zero-order valence-electron chi connectivity index (χ0n) is 39.0. The second-order valence-corrected chi connectivity index (χ2v) is 23.1. The van der Waals surface area contributed by atoms with Gasteiger partial charge in [-0.05, 0) is 97.2 Å². The van der Waals surface area contributed by atoms with Crippen LogP contribution in [0.25, 0.3) is 0 Å². The normalized spacial score (nSPS) is 54.8. The molecule has 19 heteroatoms. The second-order valence-electron chi connectivity index (χ2n) is 23.1. The van der Waals surface area contributed by atoms with Crippen LogP contribution in [0.15, 0.2) is 11.6 Å². The van der Waals surface area contributed by atoms with E-state index in [1.807, 2.05) is 6.92 Å². The van der Waals surface area contributed by atoms with E-state index < -0.39 is 139 Å². The van der Waals surface area contributed by atoms with Crippen LogP contribution in [0.3, 0.4) is 0 Å². The van der Waals surface area contributed by atoms with Crippen LogP contribution in [0.1, 0.15) is 99.3 Å². The van der Waals surface area contributed by atoms with Gasteiger partial charge in [0.05, 0.1) is 44.1 Å². The average molecular weight is 945 g/mol.